The quantitative estimate of drug-likeness (QED) is 0.632. The fourth-order valence-electron chi connectivity index (χ4n) is 2.31. The van der Waals surface area contributed by atoms with Gasteiger partial charge in [-0.3, -0.25) is 0 Å². The first-order valence-electron chi connectivity index (χ1n) is 7.64. The molecule has 0 atom stereocenters. The number of aryl methyl sites for hydroxylation is 1. The molecule has 2 aromatic carbocycles. The Morgan fingerprint density at radius 3 is 2.36 bits per heavy atom. The summed E-state index contributed by atoms with van der Waals surface area (Å²) in [6.07, 6.45) is 0. The minimum atomic E-state index is -0.310. The van der Waals surface area contributed by atoms with E-state index in [0.717, 1.165) is 5.56 Å². The van der Waals surface area contributed by atoms with E-state index in [0.29, 0.717) is 28.5 Å². The van der Waals surface area contributed by atoms with E-state index in [-0.39, 0.29) is 11.6 Å². The number of hydrogen-bond donors (Lipinski definition) is 1. The van der Waals surface area contributed by atoms with Crippen molar-refractivity contribution >= 4 is 11.4 Å². The zero-order chi connectivity index (χ0) is 17.8. The van der Waals surface area contributed by atoms with Gasteiger partial charge in [-0.1, -0.05) is 17.7 Å². The normalized spacial score (nSPS) is 11.0. The van der Waals surface area contributed by atoms with E-state index >= 15 is 0 Å². The predicted octanol–water partition coefficient (Wildman–Crippen LogP) is 5.39. The van der Waals surface area contributed by atoms with Gasteiger partial charge in [-0.05, 0) is 37.3 Å². The van der Waals surface area contributed by atoms with E-state index in [4.69, 9.17) is 13.9 Å². The summed E-state index contributed by atoms with van der Waals surface area (Å²) in [5.41, 5.74) is 2.71. The molecule has 3 aromatic rings. The van der Waals surface area contributed by atoms with Crippen molar-refractivity contribution in [2.45, 2.75) is 6.92 Å². The van der Waals surface area contributed by atoms with Gasteiger partial charge in [0.1, 0.15) is 17.3 Å². The number of methoxy groups -OCH3 is 2. The molecular formula is C19H18N2O4. The minimum Gasteiger partial charge on any atom is -0.497 e. The van der Waals surface area contributed by atoms with Crippen molar-refractivity contribution in [2.75, 3.05) is 14.2 Å². The van der Waals surface area contributed by atoms with Gasteiger partial charge in [0.25, 0.3) is 0 Å². The number of furan rings is 1. The standard InChI is InChI=1S/C19H18N2O4/c1-12-4-6-13(7-5-12)20-21-16-11-18(25-19(16)22)15-10-14(23-2)8-9-17(15)24-3/h4-11,22H,1-3H3. The van der Waals surface area contributed by atoms with Crippen molar-refractivity contribution in [3.8, 4) is 28.8 Å². The van der Waals surface area contributed by atoms with Crippen molar-refractivity contribution in [1.82, 2.24) is 0 Å². The Bertz CT molecular complexity index is 898. The van der Waals surface area contributed by atoms with E-state index in [2.05, 4.69) is 10.2 Å². The average Bonchev–Trinajstić information content (AvgIpc) is 3.01. The van der Waals surface area contributed by atoms with Crippen LogP contribution in [-0.2, 0) is 0 Å². The van der Waals surface area contributed by atoms with Crippen molar-refractivity contribution in [1.29, 1.82) is 0 Å². The number of azo groups is 1. The Balaban J connectivity index is 1.94. The van der Waals surface area contributed by atoms with Crippen molar-refractivity contribution in [2.24, 2.45) is 10.2 Å². The van der Waals surface area contributed by atoms with Crippen LogP contribution in [0.4, 0.5) is 11.4 Å². The third-order valence-electron chi connectivity index (χ3n) is 3.67. The molecule has 0 bridgehead atoms. The number of ether oxygens (including phenoxy) is 2. The molecule has 1 N–H and O–H groups in total. The molecule has 0 fully saturated rings. The summed E-state index contributed by atoms with van der Waals surface area (Å²) in [5.74, 6) is 1.34. The van der Waals surface area contributed by atoms with E-state index in [1.165, 1.54) is 0 Å². The Labute approximate surface area is 145 Å². The number of nitrogens with zero attached hydrogens (tertiary/aromatic N) is 2. The second-order valence-corrected chi connectivity index (χ2v) is 5.40. The summed E-state index contributed by atoms with van der Waals surface area (Å²) >= 11 is 0. The van der Waals surface area contributed by atoms with Gasteiger partial charge in [0.2, 0.25) is 0 Å². The third-order valence-corrected chi connectivity index (χ3v) is 3.67. The number of aromatic hydroxyl groups is 1. The lowest BCUT2D eigenvalue weighted by Gasteiger charge is -2.07. The van der Waals surface area contributed by atoms with Crippen LogP contribution in [0.2, 0.25) is 0 Å². The molecule has 0 radical (unpaired) electrons. The van der Waals surface area contributed by atoms with Crippen LogP contribution in [-0.4, -0.2) is 19.3 Å². The third kappa shape index (κ3) is 3.63. The van der Waals surface area contributed by atoms with Gasteiger partial charge < -0.3 is 19.0 Å². The lowest BCUT2D eigenvalue weighted by Crippen LogP contribution is -1.89. The smallest absolute Gasteiger partial charge is 0.311 e. The molecule has 0 saturated heterocycles. The van der Waals surface area contributed by atoms with E-state index < -0.39 is 0 Å². The summed E-state index contributed by atoms with van der Waals surface area (Å²) in [6, 6.07) is 14.5. The van der Waals surface area contributed by atoms with Gasteiger partial charge in [0.05, 0.1) is 25.5 Å². The van der Waals surface area contributed by atoms with Crippen LogP contribution in [0.25, 0.3) is 11.3 Å². The summed E-state index contributed by atoms with van der Waals surface area (Å²) in [6.45, 7) is 2.00. The van der Waals surface area contributed by atoms with Gasteiger partial charge in [0.15, 0.2) is 5.69 Å². The van der Waals surface area contributed by atoms with Crippen LogP contribution < -0.4 is 9.47 Å². The number of rotatable bonds is 5. The first-order chi connectivity index (χ1) is 12.1. The summed E-state index contributed by atoms with van der Waals surface area (Å²) < 4.78 is 16.0. The second kappa shape index (κ2) is 7.09. The minimum absolute atomic E-state index is 0.237. The number of benzene rings is 2. The maximum absolute atomic E-state index is 10.0. The SMILES string of the molecule is COc1ccc(OC)c(-c2cc(N=Nc3ccc(C)cc3)c(O)o2)c1. The zero-order valence-corrected chi connectivity index (χ0v) is 14.2. The molecule has 6 nitrogen and oxygen atoms in total. The fourth-order valence-corrected chi connectivity index (χ4v) is 2.31. The van der Waals surface area contributed by atoms with Gasteiger partial charge in [-0.15, -0.1) is 5.11 Å². The maximum Gasteiger partial charge on any atom is 0.311 e. The summed E-state index contributed by atoms with van der Waals surface area (Å²) in [7, 11) is 3.14. The molecule has 1 heterocycles. The largest absolute Gasteiger partial charge is 0.497 e. The topological polar surface area (TPSA) is 76.5 Å². The molecule has 25 heavy (non-hydrogen) atoms. The zero-order valence-electron chi connectivity index (χ0n) is 14.2. The predicted molar refractivity (Wildman–Crippen MR) is 94.3 cm³/mol. The highest BCUT2D eigenvalue weighted by molar-refractivity contribution is 5.71. The molecule has 0 saturated carbocycles. The van der Waals surface area contributed by atoms with E-state index in [9.17, 15) is 5.11 Å². The molecule has 6 heteroatoms. The fraction of sp³-hybridized carbons (Fsp3) is 0.158. The van der Waals surface area contributed by atoms with E-state index in [1.54, 1.807) is 38.5 Å². The van der Waals surface area contributed by atoms with Crippen LogP contribution in [0.5, 0.6) is 17.4 Å². The van der Waals surface area contributed by atoms with E-state index in [1.807, 2.05) is 31.2 Å². The molecule has 0 amide bonds. The first-order valence-corrected chi connectivity index (χ1v) is 7.64. The maximum atomic E-state index is 10.0. The van der Waals surface area contributed by atoms with Crippen molar-refractivity contribution < 1.29 is 19.0 Å². The lowest BCUT2D eigenvalue weighted by atomic mass is 10.1. The summed E-state index contributed by atoms with van der Waals surface area (Å²) in [4.78, 5) is 0. The van der Waals surface area contributed by atoms with Gasteiger partial charge in [-0.25, -0.2) is 0 Å². The van der Waals surface area contributed by atoms with Crippen LogP contribution in [0.3, 0.4) is 0 Å². The molecular weight excluding hydrogens is 320 g/mol. The van der Waals surface area contributed by atoms with Crippen LogP contribution in [0, 0.1) is 6.92 Å². The molecule has 0 spiro atoms. The van der Waals surface area contributed by atoms with Gasteiger partial charge in [-0.2, -0.15) is 5.11 Å². The van der Waals surface area contributed by atoms with Crippen LogP contribution >= 0.6 is 0 Å². The van der Waals surface area contributed by atoms with Crippen molar-refractivity contribution in [3.63, 3.8) is 0 Å². The first kappa shape index (κ1) is 16.6. The molecule has 3 rings (SSSR count). The molecule has 128 valence electrons. The molecule has 1 aromatic heterocycles. The Hall–Kier alpha value is -3.28. The Kier molecular flexibility index (Phi) is 4.70. The monoisotopic (exact) mass is 338 g/mol. The van der Waals surface area contributed by atoms with Gasteiger partial charge >= 0.3 is 5.95 Å². The van der Waals surface area contributed by atoms with Crippen molar-refractivity contribution in [3.05, 3.63) is 54.1 Å². The lowest BCUT2D eigenvalue weighted by molar-refractivity contribution is 0.337. The Morgan fingerprint density at radius 2 is 1.68 bits per heavy atom. The molecule has 0 aliphatic heterocycles. The Morgan fingerprint density at radius 1 is 0.920 bits per heavy atom. The van der Waals surface area contributed by atoms with Crippen LogP contribution in [0.1, 0.15) is 5.56 Å². The molecule has 0 unspecified atom stereocenters. The summed E-state index contributed by atoms with van der Waals surface area (Å²) in [5, 5.41) is 18.2. The molecule has 0 aliphatic carbocycles. The highest BCUT2D eigenvalue weighted by Gasteiger charge is 2.16. The molecule has 0 aliphatic rings. The average molecular weight is 338 g/mol. The second-order valence-electron chi connectivity index (χ2n) is 5.40. The van der Waals surface area contributed by atoms with Gasteiger partial charge in [0, 0.05) is 6.07 Å². The highest BCUT2D eigenvalue weighted by Crippen LogP contribution is 2.41. The van der Waals surface area contributed by atoms with Crippen LogP contribution in [0.15, 0.2) is 63.2 Å². The highest BCUT2D eigenvalue weighted by atomic mass is 16.5. The number of hydrogen-bond acceptors (Lipinski definition) is 6.